The Balaban J connectivity index is 2.08. The van der Waals surface area contributed by atoms with Crippen molar-refractivity contribution in [2.75, 3.05) is 6.61 Å². The molecule has 0 amide bonds. The second kappa shape index (κ2) is 10.4. The van der Waals surface area contributed by atoms with Gasteiger partial charge >= 0.3 is 5.97 Å². The van der Waals surface area contributed by atoms with Crippen LogP contribution in [0.4, 0.5) is 0 Å². The van der Waals surface area contributed by atoms with Gasteiger partial charge in [-0.25, -0.2) is 4.79 Å². The maximum atomic E-state index is 11.7. The van der Waals surface area contributed by atoms with Gasteiger partial charge in [0.05, 0.1) is 11.7 Å². The Hall–Kier alpha value is -1.35. The lowest BCUT2D eigenvalue weighted by Crippen LogP contribution is -2.18. The van der Waals surface area contributed by atoms with E-state index in [2.05, 4.69) is 6.92 Å². The van der Waals surface area contributed by atoms with Crippen molar-refractivity contribution in [3.8, 4) is 0 Å². The highest BCUT2D eigenvalue weighted by Gasteiger charge is 2.10. The first-order valence-electron chi connectivity index (χ1n) is 7.64. The van der Waals surface area contributed by atoms with Gasteiger partial charge in [0.15, 0.2) is 0 Å². The molecule has 1 atom stereocenters. The number of ether oxygens (including phenoxy) is 1. The van der Waals surface area contributed by atoms with Crippen LogP contribution in [0.1, 0.15) is 62.2 Å². The SMILES string of the molecule is CCCCCCCCC(O)COC(=O)c1ccccc1. The molecule has 0 aromatic heterocycles. The molecular formula is C17H26O3. The smallest absolute Gasteiger partial charge is 0.338 e. The summed E-state index contributed by atoms with van der Waals surface area (Å²) in [7, 11) is 0. The Morgan fingerprint density at radius 1 is 1.10 bits per heavy atom. The molecule has 1 N–H and O–H groups in total. The molecule has 0 aliphatic carbocycles. The van der Waals surface area contributed by atoms with Gasteiger partial charge in [0.25, 0.3) is 0 Å². The van der Waals surface area contributed by atoms with Crippen LogP contribution in [0.15, 0.2) is 30.3 Å². The monoisotopic (exact) mass is 278 g/mol. The number of esters is 1. The molecule has 0 saturated heterocycles. The third-order valence-electron chi connectivity index (χ3n) is 3.31. The zero-order valence-electron chi connectivity index (χ0n) is 12.4. The van der Waals surface area contributed by atoms with E-state index in [1.807, 2.05) is 6.07 Å². The predicted octanol–water partition coefficient (Wildman–Crippen LogP) is 3.95. The number of hydrogen-bond acceptors (Lipinski definition) is 3. The largest absolute Gasteiger partial charge is 0.459 e. The fraction of sp³-hybridized carbons (Fsp3) is 0.588. The van der Waals surface area contributed by atoms with Gasteiger partial charge in [-0.1, -0.05) is 63.6 Å². The van der Waals surface area contributed by atoms with Crippen molar-refractivity contribution >= 4 is 5.97 Å². The lowest BCUT2D eigenvalue weighted by atomic mass is 10.1. The van der Waals surface area contributed by atoms with Crippen molar-refractivity contribution in [1.29, 1.82) is 0 Å². The number of aliphatic hydroxyl groups excluding tert-OH is 1. The summed E-state index contributed by atoms with van der Waals surface area (Å²) in [6.07, 6.45) is 7.33. The lowest BCUT2D eigenvalue weighted by Gasteiger charge is -2.11. The van der Waals surface area contributed by atoms with E-state index in [0.29, 0.717) is 12.0 Å². The van der Waals surface area contributed by atoms with E-state index < -0.39 is 6.10 Å². The van der Waals surface area contributed by atoms with Crippen LogP contribution in [-0.2, 0) is 4.74 Å². The standard InChI is InChI=1S/C17H26O3/c1-2-3-4-5-6-10-13-16(18)14-20-17(19)15-11-8-7-9-12-15/h7-9,11-12,16,18H,2-6,10,13-14H2,1H3. The van der Waals surface area contributed by atoms with Crippen LogP contribution in [0.25, 0.3) is 0 Å². The molecule has 0 spiro atoms. The van der Waals surface area contributed by atoms with Crippen molar-refractivity contribution in [3.63, 3.8) is 0 Å². The predicted molar refractivity (Wildman–Crippen MR) is 80.7 cm³/mol. The number of benzene rings is 1. The Morgan fingerprint density at radius 2 is 1.75 bits per heavy atom. The quantitative estimate of drug-likeness (QED) is 0.520. The molecule has 0 radical (unpaired) electrons. The fourth-order valence-electron chi connectivity index (χ4n) is 2.07. The van der Waals surface area contributed by atoms with E-state index in [1.165, 1.54) is 25.7 Å². The van der Waals surface area contributed by atoms with Gasteiger partial charge in [0.1, 0.15) is 6.61 Å². The van der Waals surface area contributed by atoms with E-state index >= 15 is 0 Å². The lowest BCUT2D eigenvalue weighted by molar-refractivity contribution is 0.0233. The summed E-state index contributed by atoms with van der Waals surface area (Å²) in [5.41, 5.74) is 0.527. The highest BCUT2D eigenvalue weighted by Crippen LogP contribution is 2.09. The number of carbonyl (C=O) groups is 1. The molecule has 112 valence electrons. The van der Waals surface area contributed by atoms with Crippen molar-refractivity contribution in [2.45, 2.75) is 58.0 Å². The summed E-state index contributed by atoms with van der Waals surface area (Å²) in [6, 6.07) is 8.86. The minimum Gasteiger partial charge on any atom is -0.459 e. The molecule has 0 saturated carbocycles. The van der Waals surface area contributed by atoms with Crippen molar-refractivity contribution in [3.05, 3.63) is 35.9 Å². The highest BCUT2D eigenvalue weighted by atomic mass is 16.5. The van der Waals surface area contributed by atoms with Crippen LogP contribution in [0, 0.1) is 0 Å². The number of rotatable bonds is 10. The van der Waals surface area contributed by atoms with Crippen molar-refractivity contribution in [1.82, 2.24) is 0 Å². The summed E-state index contributed by atoms with van der Waals surface area (Å²) in [4.78, 5) is 11.7. The van der Waals surface area contributed by atoms with Gasteiger partial charge in [-0.15, -0.1) is 0 Å². The molecule has 1 unspecified atom stereocenters. The molecular weight excluding hydrogens is 252 g/mol. The van der Waals surface area contributed by atoms with Gasteiger partial charge in [0, 0.05) is 0 Å². The molecule has 0 fully saturated rings. The summed E-state index contributed by atoms with van der Waals surface area (Å²) < 4.78 is 5.10. The molecule has 3 nitrogen and oxygen atoms in total. The normalized spacial score (nSPS) is 12.1. The minimum atomic E-state index is -0.547. The maximum absolute atomic E-state index is 11.7. The fourth-order valence-corrected chi connectivity index (χ4v) is 2.07. The Morgan fingerprint density at radius 3 is 2.45 bits per heavy atom. The minimum absolute atomic E-state index is 0.0860. The number of hydrogen-bond donors (Lipinski definition) is 1. The molecule has 0 heterocycles. The van der Waals surface area contributed by atoms with Crippen LogP contribution < -0.4 is 0 Å². The molecule has 1 aromatic rings. The summed E-state index contributed by atoms with van der Waals surface area (Å²) in [5, 5.41) is 9.77. The van der Waals surface area contributed by atoms with E-state index in [9.17, 15) is 9.90 Å². The first-order chi connectivity index (χ1) is 9.74. The van der Waals surface area contributed by atoms with Crippen LogP contribution in [0.3, 0.4) is 0 Å². The average Bonchev–Trinajstić information content (AvgIpc) is 2.49. The number of aliphatic hydroxyl groups is 1. The first kappa shape index (κ1) is 16.7. The van der Waals surface area contributed by atoms with Gasteiger partial charge in [0.2, 0.25) is 0 Å². The second-order valence-electron chi connectivity index (χ2n) is 5.17. The third-order valence-corrected chi connectivity index (χ3v) is 3.31. The number of unbranched alkanes of at least 4 members (excludes halogenated alkanes) is 5. The summed E-state index contributed by atoms with van der Waals surface area (Å²) >= 11 is 0. The molecule has 3 heteroatoms. The molecule has 0 aliphatic rings. The van der Waals surface area contributed by atoms with Gasteiger partial charge in [-0.05, 0) is 18.6 Å². The van der Waals surface area contributed by atoms with Crippen LogP contribution in [-0.4, -0.2) is 23.8 Å². The molecule has 0 bridgehead atoms. The van der Waals surface area contributed by atoms with E-state index in [0.717, 1.165) is 12.8 Å². The summed E-state index contributed by atoms with van der Waals surface area (Å²) in [6.45, 7) is 2.29. The molecule has 1 rings (SSSR count). The second-order valence-corrected chi connectivity index (χ2v) is 5.17. The molecule has 0 aliphatic heterocycles. The summed E-state index contributed by atoms with van der Waals surface area (Å²) in [5.74, 6) is -0.368. The van der Waals surface area contributed by atoms with Gasteiger partial charge in [-0.2, -0.15) is 0 Å². The van der Waals surface area contributed by atoms with Gasteiger partial charge < -0.3 is 9.84 Å². The zero-order chi connectivity index (χ0) is 14.6. The van der Waals surface area contributed by atoms with Crippen molar-refractivity contribution in [2.24, 2.45) is 0 Å². The topological polar surface area (TPSA) is 46.5 Å². The van der Waals surface area contributed by atoms with Gasteiger partial charge in [-0.3, -0.25) is 0 Å². The van der Waals surface area contributed by atoms with Crippen LogP contribution >= 0.6 is 0 Å². The maximum Gasteiger partial charge on any atom is 0.338 e. The average molecular weight is 278 g/mol. The van der Waals surface area contributed by atoms with E-state index in [1.54, 1.807) is 24.3 Å². The third kappa shape index (κ3) is 7.29. The van der Waals surface area contributed by atoms with E-state index in [-0.39, 0.29) is 12.6 Å². The van der Waals surface area contributed by atoms with Crippen LogP contribution in [0.2, 0.25) is 0 Å². The zero-order valence-corrected chi connectivity index (χ0v) is 12.4. The molecule has 1 aromatic carbocycles. The Bertz CT molecular complexity index is 362. The Kier molecular flexibility index (Phi) is 8.72. The number of carbonyl (C=O) groups excluding carboxylic acids is 1. The highest BCUT2D eigenvalue weighted by molar-refractivity contribution is 5.89. The van der Waals surface area contributed by atoms with E-state index in [4.69, 9.17) is 4.74 Å². The van der Waals surface area contributed by atoms with Crippen molar-refractivity contribution < 1.29 is 14.6 Å². The Labute approximate surface area is 122 Å². The molecule has 20 heavy (non-hydrogen) atoms. The first-order valence-corrected chi connectivity index (χ1v) is 7.64. The van der Waals surface area contributed by atoms with Crippen LogP contribution in [0.5, 0.6) is 0 Å².